The van der Waals surface area contributed by atoms with E-state index in [0.29, 0.717) is 11.8 Å². The predicted molar refractivity (Wildman–Crippen MR) is 87.2 cm³/mol. The zero-order valence-electron chi connectivity index (χ0n) is 13.5. The van der Waals surface area contributed by atoms with Gasteiger partial charge in [-0.05, 0) is 17.5 Å². The molecule has 1 aromatic heterocycles. The summed E-state index contributed by atoms with van der Waals surface area (Å²) in [4.78, 5) is 4.93. The van der Waals surface area contributed by atoms with Crippen LogP contribution in [0.4, 0.5) is 0 Å². The van der Waals surface area contributed by atoms with Crippen LogP contribution in [0.3, 0.4) is 0 Å². The number of fused-ring (bicyclic) bond motifs is 1. The number of imidazole rings is 1. The van der Waals surface area contributed by atoms with Crippen molar-refractivity contribution in [1.82, 2.24) is 14.9 Å². The smallest absolute Gasteiger partial charge is 0.116 e. The number of aromatic nitrogens is 2. The molecular weight excluding hydrogens is 258 g/mol. The minimum absolute atomic E-state index is 0.427. The van der Waals surface area contributed by atoms with Gasteiger partial charge in [0, 0.05) is 31.1 Å². The van der Waals surface area contributed by atoms with Crippen LogP contribution in [0.15, 0.2) is 24.3 Å². The van der Waals surface area contributed by atoms with Gasteiger partial charge < -0.3 is 5.32 Å². The Hall–Kier alpha value is -1.61. The van der Waals surface area contributed by atoms with Crippen molar-refractivity contribution < 1.29 is 0 Å². The third-order valence-corrected chi connectivity index (χ3v) is 4.23. The molecule has 1 N–H and O–H groups in total. The molecule has 1 aliphatic heterocycles. The molecule has 0 atom stereocenters. The summed E-state index contributed by atoms with van der Waals surface area (Å²) in [6.45, 7) is 10.9. The molecule has 0 amide bonds. The molecule has 2 heterocycles. The molecule has 0 aliphatic carbocycles. The van der Waals surface area contributed by atoms with E-state index >= 15 is 0 Å². The normalized spacial score (nSPS) is 14.8. The lowest BCUT2D eigenvalue weighted by Crippen LogP contribution is -2.25. The second-order valence-electron chi connectivity index (χ2n) is 6.49. The molecule has 0 saturated carbocycles. The van der Waals surface area contributed by atoms with Gasteiger partial charge in [-0.2, -0.15) is 0 Å². The lowest BCUT2D eigenvalue weighted by atomic mass is 10.00. The second kappa shape index (κ2) is 5.64. The first kappa shape index (κ1) is 14.3. The highest BCUT2D eigenvalue weighted by molar-refractivity contribution is 5.47. The van der Waals surface area contributed by atoms with Crippen molar-refractivity contribution in [2.24, 2.45) is 0 Å². The van der Waals surface area contributed by atoms with Crippen LogP contribution in [0.5, 0.6) is 0 Å². The van der Waals surface area contributed by atoms with Crippen LogP contribution < -0.4 is 5.32 Å². The molecule has 3 heteroatoms. The topological polar surface area (TPSA) is 29.9 Å². The Morgan fingerprint density at radius 3 is 2.57 bits per heavy atom. The predicted octanol–water partition coefficient (Wildman–Crippen LogP) is 3.76. The van der Waals surface area contributed by atoms with Crippen LogP contribution in [0, 0.1) is 0 Å². The van der Waals surface area contributed by atoms with E-state index in [2.05, 4.69) is 61.8 Å². The van der Waals surface area contributed by atoms with Crippen molar-refractivity contribution in [3.8, 4) is 5.69 Å². The van der Waals surface area contributed by atoms with Crippen molar-refractivity contribution in [2.45, 2.75) is 52.5 Å². The molecule has 21 heavy (non-hydrogen) atoms. The van der Waals surface area contributed by atoms with Gasteiger partial charge in [0.2, 0.25) is 0 Å². The standard InChI is InChI=1S/C18H25N3/c1-12(2)14-7-5-6-8-16(14)21-17-9-10-19-11-15(17)20-18(21)13(3)4/h5-8,12-13,19H,9-11H2,1-4H3. The number of nitrogens with one attached hydrogen (secondary N) is 1. The number of benzene rings is 1. The fraction of sp³-hybridized carbons (Fsp3) is 0.500. The van der Waals surface area contributed by atoms with Crippen LogP contribution >= 0.6 is 0 Å². The number of hydrogen-bond donors (Lipinski definition) is 1. The molecule has 0 saturated heterocycles. The van der Waals surface area contributed by atoms with E-state index in [0.717, 1.165) is 19.5 Å². The van der Waals surface area contributed by atoms with Gasteiger partial charge in [0.15, 0.2) is 0 Å². The fourth-order valence-corrected chi connectivity index (χ4v) is 3.17. The van der Waals surface area contributed by atoms with E-state index in [1.54, 1.807) is 0 Å². The molecule has 3 rings (SSSR count). The molecule has 0 bridgehead atoms. The van der Waals surface area contributed by atoms with Gasteiger partial charge >= 0.3 is 0 Å². The molecule has 3 nitrogen and oxygen atoms in total. The first-order valence-corrected chi connectivity index (χ1v) is 8.00. The maximum atomic E-state index is 4.93. The number of rotatable bonds is 3. The molecule has 112 valence electrons. The summed E-state index contributed by atoms with van der Waals surface area (Å²) >= 11 is 0. The van der Waals surface area contributed by atoms with Gasteiger partial charge in [-0.15, -0.1) is 0 Å². The summed E-state index contributed by atoms with van der Waals surface area (Å²) in [5.41, 5.74) is 5.33. The van der Waals surface area contributed by atoms with Crippen LogP contribution in [0.2, 0.25) is 0 Å². The van der Waals surface area contributed by atoms with Crippen molar-refractivity contribution in [3.63, 3.8) is 0 Å². The molecular formula is C18H25N3. The summed E-state index contributed by atoms with van der Waals surface area (Å²) in [5.74, 6) is 2.13. The highest BCUT2D eigenvalue weighted by atomic mass is 15.1. The zero-order valence-corrected chi connectivity index (χ0v) is 13.5. The van der Waals surface area contributed by atoms with Crippen LogP contribution in [-0.4, -0.2) is 16.1 Å². The first-order chi connectivity index (χ1) is 10.1. The average molecular weight is 283 g/mol. The summed E-state index contributed by atoms with van der Waals surface area (Å²) in [6.07, 6.45) is 1.06. The van der Waals surface area contributed by atoms with E-state index in [-0.39, 0.29) is 0 Å². The molecule has 0 spiro atoms. The quantitative estimate of drug-likeness (QED) is 0.929. The Kier molecular flexibility index (Phi) is 3.85. The van der Waals surface area contributed by atoms with Crippen LogP contribution in [0.25, 0.3) is 5.69 Å². The van der Waals surface area contributed by atoms with Crippen molar-refractivity contribution >= 4 is 0 Å². The van der Waals surface area contributed by atoms with E-state index in [1.165, 1.54) is 28.5 Å². The number of para-hydroxylation sites is 1. The average Bonchev–Trinajstić information content (AvgIpc) is 2.86. The van der Waals surface area contributed by atoms with Crippen molar-refractivity contribution in [3.05, 3.63) is 47.0 Å². The Morgan fingerprint density at radius 1 is 1.10 bits per heavy atom. The Bertz CT molecular complexity index is 638. The van der Waals surface area contributed by atoms with E-state index in [9.17, 15) is 0 Å². The van der Waals surface area contributed by atoms with E-state index < -0.39 is 0 Å². The molecule has 0 unspecified atom stereocenters. The van der Waals surface area contributed by atoms with Gasteiger partial charge in [-0.25, -0.2) is 4.98 Å². The summed E-state index contributed by atoms with van der Waals surface area (Å²) in [5, 5.41) is 3.43. The van der Waals surface area contributed by atoms with Crippen molar-refractivity contribution in [1.29, 1.82) is 0 Å². The van der Waals surface area contributed by atoms with Crippen molar-refractivity contribution in [2.75, 3.05) is 6.54 Å². The lowest BCUT2D eigenvalue weighted by molar-refractivity contribution is 0.618. The number of nitrogens with zero attached hydrogens (tertiary/aromatic N) is 2. The Labute approximate surface area is 127 Å². The van der Waals surface area contributed by atoms with Crippen LogP contribution in [-0.2, 0) is 13.0 Å². The Balaban J connectivity index is 2.24. The Morgan fingerprint density at radius 2 is 1.86 bits per heavy atom. The highest BCUT2D eigenvalue weighted by Gasteiger charge is 2.23. The summed E-state index contributed by atoms with van der Waals surface area (Å²) in [6, 6.07) is 8.76. The molecule has 0 radical (unpaired) electrons. The lowest BCUT2D eigenvalue weighted by Gasteiger charge is -2.21. The minimum atomic E-state index is 0.427. The van der Waals surface area contributed by atoms with Gasteiger partial charge in [-0.3, -0.25) is 4.57 Å². The SMILES string of the molecule is CC(C)c1ccccc1-n1c(C(C)C)nc2c1CCNC2. The molecule has 1 aromatic carbocycles. The van der Waals surface area contributed by atoms with Gasteiger partial charge in [0.1, 0.15) is 5.82 Å². The van der Waals surface area contributed by atoms with Crippen LogP contribution in [0.1, 0.15) is 62.3 Å². The third-order valence-electron chi connectivity index (χ3n) is 4.23. The second-order valence-corrected chi connectivity index (χ2v) is 6.49. The maximum Gasteiger partial charge on any atom is 0.116 e. The summed E-state index contributed by atoms with van der Waals surface area (Å²) < 4.78 is 2.43. The van der Waals surface area contributed by atoms with Gasteiger partial charge in [-0.1, -0.05) is 45.9 Å². The minimum Gasteiger partial charge on any atom is -0.311 e. The monoisotopic (exact) mass is 283 g/mol. The van der Waals surface area contributed by atoms with E-state index in [4.69, 9.17) is 4.98 Å². The van der Waals surface area contributed by atoms with E-state index in [1.807, 2.05) is 0 Å². The van der Waals surface area contributed by atoms with Gasteiger partial charge in [0.25, 0.3) is 0 Å². The largest absolute Gasteiger partial charge is 0.311 e. The summed E-state index contributed by atoms with van der Waals surface area (Å²) in [7, 11) is 0. The first-order valence-electron chi connectivity index (χ1n) is 8.00. The highest BCUT2D eigenvalue weighted by Crippen LogP contribution is 2.30. The fourth-order valence-electron chi connectivity index (χ4n) is 3.17. The molecule has 1 aliphatic rings. The maximum absolute atomic E-state index is 4.93. The zero-order chi connectivity index (χ0) is 15.0. The molecule has 0 fully saturated rings. The van der Waals surface area contributed by atoms with Gasteiger partial charge in [0.05, 0.1) is 11.4 Å². The molecule has 2 aromatic rings. The number of hydrogen-bond acceptors (Lipinski definition) is 2. The third kappa shape index (κ3) is 2.51.